The highest BCUT2D eigenvalue weighted by Gasteiger charge is 2.01. The third-order valence-electron chi connectivity index (χ3n) is 1.89. The molecule has 0 heterocycles. The van der Waals surface area contributed by atoms with Crippen molar-refractivity contribution in [2.75, 3.05) is 6.61 Å². The fourth-order valence-electron chi connectivity index (χ4n) is 1.16. The molecule has 1 N–H and O–H groups in total. The van der Waals surface area contributed by atoms with Crippen LogP contribution in [0, 0.1) is 5.41 Å². The number of nitrogens with one attached hydrogen (secondary N) is 1. The average molecular weight is 214 g/mol. The third-order valence-corrected chi connectivity index (χ3v) is 1.89. The summed E-state index contributed by atoms with van der Waals surface area (Å²) in [5, 5.41) is 7.58. The fraction of sp³-hybridized carbons (Fsp3) is 0.364. The van der Waals surface area contributed by atoms with Gasteiger partial charge in [-0.05, 0) is 31.0 Å². The Bertz CT molecular complexity index is 299. The standard InChI is InChI=1S/C11H15NO.ClH/c1-3-9-6-5-7-10(8-9)11(12)13-4-2;/h5-8,12H,3-4H2,1-2H3;1H. The predicted octanol–water partition coefficient (Wildman–Crippen LogP) is 3.03. The van der Waals surface area contributed by atoms with Crippen molar-refractivity contribution in [2.45, 2.75) is 20.3 Å². The monoisotopic (exact) mass is 213 g/mol. The summed E-state index contributed by atoms with van der Waals surface area (Å²) in [6, 6.07) is 7.92. The summed E-state index contributed by atoms with van der Waals surface area (Å²) in [7, 11) is 0. The van der Waals surface area contributed by atoms with Crippen LogP contribution in [-0.2, 0) is 11.2 Å². The molecule has 0 aliphatic heterocycles. The van der Waals surface area contributed by atoms with E-state index in [4.69, 9.17) is 10.1 Å². The van der Waals surface area contributed by atoms with Gasteiger partial charge in [-0.3, -0.25) is 5.41 Å². The SMILES string of the molecule is CCOC(=N)c1cccc(CC)c1.Cl. The fourth-order valence-corrected chi connectivity index (χ4v) is 1.16. The Labute approximate surface area is 91.2 Å². The van der Waals surface area contributed by atoms with Gasteiger partial charge in [-0.2, -0.15) is 0 Å². The molecule has 0 bridgehead atoms. The smallest absolute Gasteiger partial charge is 0.213 e. The molecule has 0 saturated heterocycles. The van der Waals surface area contributed by atoms with Gasteiger partial charge in [0.25, 0.3) is 0 Å². The zero-order chi connectivity index (χ0) is 9.68. The molecular formula is C11H16ClNO. The van der Waals surface area contributed by atoms with Crippen LogP contribution in [0.2, 0.25) is 0 Å². The van der Waals surface area contributed by atoms with Gasteiger partial charge in [0.05, 0.1) is 6.61 Å². The van der Waals surface area contributed by atoms with Crippen LogP contribution in [0.25, 0.3) is 0 Å². The average Bonchev–Trinajstić information content (AvgIpc) is 2.18. The highest BCUT2D eigenvalue weighted by molar-refractivity contribution is 5.91. The highest BCUT2D eigenvalue weighted by Crippen LogP contribution is 2.07. The molecule has 0 aliphatic rings. The van der Waals surface area contributed by atoms with Gasteiger partial charge >= 0.3 is 0 Å². The number of halogens is 1. The first kappa shape index (κ1) is 13.0. The predicted molar refractivity (Wildman–Crippen MR) is 61.5 cm³/mol. The van der Waals surface area contributed by atoms with Gasteiger partial charge in [0.1, 0.15) is 0 Å². The summed E-state index contributed by atoms with van der Waals surface area (Å²) in [6.45, 7) is 4.54. The van der Waals surface area contributed by atoms with Crippen LogP contribution in [0.4, 0.5) is 0 Å². The van der Waals surface area contributed by atoms with Crippen molar-refractivity contribution < 1.29 is 4.74 Å². The molecule has 14 heavy (non-hydrogen) atoms. The van der Waals surface area contributed by atoms with E-state index in [0.717, 1.165) is 12.0 Å². The maximum atomic E-state index is 7.58. The van der Waals surface area contributed by atoms with E-state index >= 15 is 0 Å². The van der Waals surface area contributed by atoms with Crippen molar-refractivity contribution in [3.05, 3.63) is 35.4 Å². The van der Waals surface area contributed by atoms with Crippen molar-refractivity contribution in [2.24, 2.45) is 0 Å². The minimum absolute atomic E-state index is 0. The number of ether oxygens (including phenoxy) is 1. The molecule has 0 amide bonds. The minimum Gasteiger partial charge on any atom is -0.478 e. The maximum Gasteiger partial charge on any atom is 0.213 e. The Morgan fingerprint density at radius 2 is 2.07 bits per heavy atom. The van der Waals surface area contributed by atoms with E-state index < -0.39 is 0 Å². The molecule has 1 rings (SSSR count). The number of hydrogen-bond acceptors (Lipinski definition) is 2. The van der Waals surface area contributed by atoms with E-state index in [1.807, 2.05) is 25.1 Å². The Morgan fingerprint density at radius 1 is 1.36 bits per heavy atom. The lowest BCUT2D eigenvalue weighted by molar-refractivity contribution is 0.325. The summed E-state index contributed by atoms with van der Waals surface area (Å²) >= 11 is 0. The van der Waals surface area contributed by atoms with E-state index in [9.17, 15) is 0 Å². The normalized spacial score (nSPS) is 9.00. The topological polar surface area (TPSA) is 33.1 Å². The van der Waals surface area contributed by atoms with Gasteiger partial charge in [-0.15, -0.1) is 12.4 Å². The lowest BCUT2D eigenvalue weighted by Crippen LogP contribution is -2.04. The summed E-state index contributed by atoms with van der Waals surface area (Å²) < 4.78 is 5.11. The third kappa shape index (κ3) is 3.38. The molecule has 0 radical (unpaired) electrons. The Kier molecular flexibility index (Phi) is 5.97. The number of benzene rings is 1. The molecule has 0 spiro atoms. The van der Waals surface area contributed by atoms with Crippen molar-refractivity contribution in [3.63, 3.8) is 0 Å². The summed E-state index contributed by atoms with van der Waals surface area (Å²) in [5.74, 6) is 0.262. The Hall–Kier alpha value is -1.02. The number of rotatable bonds is 3. The number of hydrogen-bond donors (Lipinski definition) is 1. The van der Waals surface area contributed by atoms with E-state index in [1.54, 1.807) is 0 Å². The Morgan fingerprint density at radius 3 is 2.64 bits per heavy atom. The first-order valence-electron chi connectivity index (χ1n) is 4.58. The van der Waals surface area contributed by atoms with Gasteiger partial charge in [0, 0.05) is 5.56 Å². The van der Waals surface area contributed by atoms with Crippen LogP contribution in [0.3, 0.4) is 0 Å². The first-order valence-corrected chi connectivity index (χ1v) is 4.58. The summed E-state index contributed by atoms with van der Waals surface area (Å²) in [4.78, 5) is 0. The summed E-state index contributed by atoms with van der Waals surface area (Å²) in [6.07, 6.45) is 0.993. The van der Waals surface area contributed by atoms with Gasteiger partial charge in [-0.25, -0.2) is 0 Å². The molecule has 1 aromatic carbocycles. The van der Waals surface area contributed by atoms with E-state index in [-0.39, 0.29) is 18.3 Å². The first-order chi connectivity index (χ1) is 6.27. The van der Waals surface area contributed by atoms with Crippen LogP contribution in [0.5, 0.6) is 0 Å². The Balaban J connectivity index is 0.00000169. The van der Waals surface area contributed by atoms with Crippen molar-refractivity contribution >= 4 is 18.3 Å². The van der Waals surface area contributed by atoms with Gasteiger partial charge < -0.3 is 4.74 Å². The largest absolute Gasteiger partial charge is 0.478 e. The van der Waals surface area contributed by atoms with Crippen molar-refractivity contribution in [3.8, 4) is 0 Å². The molecule has 0 fully saturated rings. The van der Waals surface area contributed by atoms with Crippen LogP contribution in [0.15, 0.2) is 24.3 Å². The molecule has 0 saturated carbocycles. The number of aryl methyl sites for hydroxylation is 1. The second kappa shape index (κ2) is 6.44. The van der Waals surface area contributed by atoms with Gasteiger partial charge in [0.15, 0.2) is 0 Å². The second-order valence-electron chi connectivity index (χ2n) is 2.82. The lowest BCUT2D eigenvalue weighted by atomic mass is 10.1. The molecule has 3 heteroatoms. The van der Waals surface area contributed by atoms with Crippen LogP contribution >= 0.6 is 12.4 Å². The lowest BCUT2D eigenvalue weighted by Gasteiger charge is -2.05. The quantitative estimate of drug-likeness (QED) is 0.608. The minimum atomic E-state index is 0. The van der Waals surface area contributed by atoms with Crippen LogP contribution in [-0.4, -0.2) is 12.5 Å². The van der Waals surface area contributed by atoms with Gasteiger partial charge in [-0.1, -0.05) is 19.1 Å². The summed E-state index contributed by atoms with van der Waals surface area (Å²) in [5.41, 5.74) is 2.10. The maximum absolute atomic E-state index is 7.58. The van der Waals surface area contributed by atoms with Crippen LogP contribution < -0.4 is 0 Å². The van der Waals surface area contributed by atoms with Crippen molar-refractivity contribution in [1.82, 2.24) is 0 Å². The molecule has 0 unspecified atom stereocenters. The molecule has 0 atom stereocenters. The van der Waals surface area contributed by atoms with E-state index in [1.165, 1.54) is 5.56 Å². The molecule has 0 aromatic heterocycles. The highest BCUT2D eigenvalue weighted by atomic mass is 35.5. The molecule has 1 aromatic rings. The zero-order valence-electron chi connectivity index (χ0n) is 8.54. The molecule has 0 aliphatic carbocycles. The van der Waals surface area contributed by atoms with E-state index in [0.29, 0.717) is 6.61 Å². The van der Waals surface area contributed by atoms with Gasteiger partial charge in [0.2, 0.25) is 5.90 Å². The van der Waals surface area contributed by atoms with E-state index in [2.05, 4.69) is 13.0 Å². The zero-order valence-corrected chi connectivity index (χ0v) is 9.36. The molecular weight excluding hydrogens is 198 g/mol. The molecule has 78 valence electrons. The second-order valence-corrected chi connectivity index (χ2v) is 2.82. The van der Waals surface area contributed by atoms with Crippen LogP contribution in [0.1, 0.15) is 25.0 Å². The molecule has 2 nitrogen and oxygen atoms in total. The van der Waals surface area contributed by atoms with Crippen molar-refractivity contribution in [1.29, 1.82) is 5.41 Å².